The van der Waals surface area contributed by atoms with Gasteiger partial charge in [0.2, 0.25) is 5.91 Å². The number of ether oxygens (including phenoxy) is 1. The SMILES string of the molecule is COc1cccc(CC(=O)N2[C@H]3CC[C@@H]2c2cnc(-c4ccc(F)cc4)nc2C3)c1. The molecule has 2 aromatic carbocycles. The summed E-state index contributed by atoms with van der Waals surface area (Å²) in [5.41, 5.74) is 3.78. The van der Waals surface area contributed by atoms with E-state index in [9.17, 15) is 9.18 Å². The number of rotatable bonds is 4. The van der Waals surface area contributed by atoms with Gasteiger partial charge in [-0.15, -0.1) is 0 Å². The Hall–Kier alpha value is -3.28. The molecule has 3 heterocycles. The molecule has 0 unspecified atom stereocenters. The zero-order valence-corrected chi connectivity index (χ0v) is 16.7. The third-order valence-corrected chi connectivity index (χ3v) is 6.07. The summed E-state index contributed by atoms with van der Waals surface area (Å²) in [7, 11) is 1.63. The van der Waals surface area contributed by atoms with Crippen molar-refractivity contribution in [2.24, 2.45) is 0 Å². The first-order chi connectivity index (χ1) is 14.6. The summed E-state index contributed by atoms with van der Waals surface area (Å²) in [6.45, 7) is 0. The van der Waals surface area contributed by atoms with Crippen molar-refractivity contribution in [3.05, 3.63) is 77.4 Å². The van der Waals surface area contributed by atoms with E-state index in [1.165, 1.54) is 12.1 Å². The average molecular weight is 403 g/mol. The molecular weight excluding hydrogens is 381 g/mol. The number of amides is 1. The average Bonchev–Trinajstić information content (AvgIpc) is 3.09. The molecule has 1 aromatic heterocycles. The van der Waals surface area contributed by atoms with Gasteiger partial charge in [-0.05, 0) is 54.8 Å². The highest BCUT2D eigenvalue weighted by molar-refractivity contribution is 5.80. The standard InChI is InChI=1S/C24H22FN3O2/c1-30-19-4-2-3-15(11-19)12-23(29)28-18-9-10-22(28)20-14-26-24(27-21(20)13-18)16-5-7-17(25)8-6-16/h2-8,11,14,18,22H,9-10,12-13H2,1H3/t18-,22+/m0/s1. The predicted octanol–water partition coefficient (Wildman–Crippen LogP) is 4.12. The van der Waals surface area contributed by atoms with Crippen molar-refractivity contribution in [1.29, 1.82) is 0 Å². The third kappa shape index (κ3) is 3.32. The fourth-order valence-corrected chi connectivity index (χ4v) is 4.64. The number of carbonyl (C=O) groups is 1. The highest BCUT2D eigenvalue weighted by atomic mass is 19.1. The highest BCUT2D eigenvalue weighted by Gasteiger charge is 2.43. The van der Waals surface area contributed by atoms with Gasteiger partial charge in [0.05, 0.1) is 25.3 Å². The Morgan fingerprint density at radius 3 is 2.83 bits per heavy atom. The minimum Gasteiger partial charge on any atom is -0.497 e. The van der Waals surface area contributed by atoms with Gasteiger partial charge in [-0.25, -0.2) is 14.4 Å². The number of halogens is 1. The lowest BCUT2D eigenvalue weighted by Gasteiger charge is -2.36. The summed E-state index contributed by atoms with van der Waals surface area (Å²) >= 11 is 0. The lowest BCUT2D eigenvalue weighted by atomic mass is 9.97. The molecule has 1 amide bonds. The Morgan fingerprint density at radius 1 is 1.20 bits per heavy atom. The number of methoxy groups -OCH3 is 1. The van der Waals surface area contributed by atoms with E-state index in [1.807, 2.05) is 35.4 Å². The van der Waals surface area contributed by atoms with Gasteiger partial charge >= 0.3 is 0 Å². The number of hydrogen-bond donors (Lipinski definition) is 0. The van der Waals surface area contributed by atoms with E-state index in [1.54, 1.807) is 19.2 Å². The summed E-state index contributed by atoms with van der Waals surface area (Å²) in [5.74, 6) is 1.21. The maximum absolute atomic E-state index is 13.2. The number of aromatic nitrogens is 2. The first-order valence-corrected chi connectivity index (χ1v) is 10.2. The summed E-state index contributed by atoms with van der Waals surface area (Å²) < 4.78 is 18.5. The Balaban J connectivity index is 1.40. The normalized spacial score (nSPS) is 19.5. The van der Waals surface area contributed by atoms with E-state index in [-0.39, 0.29) is 23.8 Å². The molecule has 2 bridgehead atoms. The number of carbonyl (C=O) groups excluding carboxylic acids is 1. The third-order valence-electron chi connectivity index (χ3n) is 6.07. The highest BCUT2D eigenvalue weighted by Crippen LogP contribution is 2.43. The van der Waals surface area contributed by atoms with Crippen molar-refractivity contribution in [3.8, 4) is 17.1 Å². The van der Waals surface area contributed by atoms with Crippen LogP contribution in [0.3, 0.4) is 0 Å². The van der Waals surface area contributed by atoms with Crippen molar-refractivity contribution in [2.75, 3.05) is 7.11 Å². The molecule has 1 saturated heterocycles. The molecule has 3 aromatic rings. The first kappa shape index (κ1) is 18.7. The van der Waals surface area contributed by atoms with Crippen molar-refractivity contribution in [2.45, 2.75) is 37.8 Å². The van der Waals surface area contributed by atoms with E-state index >= 15 is 0 Å². The molecule has 5 nitrogen and oxygen atoms in total. The Labute approximate surface area is 174 Å². The van der Waals surface area contributed by atoms with Crippen LogP contribution in [0, 0.1) is 5.82 Å². The van der Waals surface area contributed by atoms with Gasteiger partial charge in [0.1, 0.15) is 11.6 Å². The van der Waals surface area contributed by atoms with E-state index in [0.29, 0.717) is 12.2 Å². The van der Waals surface area contributed by atoms with Crippen molar-refractivity contribution < 1.29 is 13.9 Å². The number of hydrogen-bond acceptors (Lipinski definition) is 4. The summed E-state index contributed by atoms with van der Waals surface area (Å²) in [5, 5.41) is 0. The minimum atomic E-state index is -0.278. The summed E-state index contributed by atoms with van der Waals surface area (Å²) in [6, 6.07) is 14.1. The molecular formula is C24H22FN3O2. The molecule has 2 atom stereocenters. The van der Waals surface area contributed by atoms with Crippen LogP contribution in [0.2, 0.25) is 0 Å². The lowest BCUT2D eigenvalue weighted by molar-refractivity contribution is -0.134. The minimum absolute atomic E-state index is 0.0270. The molecule has 0 aliphatic carbocycles. The topological polar surface area (TPSA) is 55.3 Å². The Bertz CT molecular complexity index is 1100. The first-order valence-electron chi connectivity index (χ1n) is 10.2. The number of nitrogens with zero attached hydrogens (tertiary/aromatic N) is 3. The molecule has 5 rings (SSSR count). The summed E-state index contributed by atoms with van der Waals surface area (Å²) in [4.78, 5) is 24.5. The van der Waals surface area contributed by atoms with E-state index in [2.05, 4.69) is 4.98 Å². The van der Waals surface area contributed by atoms with E-state index < -0.39 is 0 Å². The van der Waals surface area contributed by atoms with Crippen LogP contribution in [0.5, 0.6) is 5.75 Å². The van der Waals surface area contributed by atoms with E-state index in [0.717, 1.165) is 47.4 Å². The Kier molecular flexibility index (Phi) is 4.69. The quantitative estimate of drug-likeness (QED) is 0.658. The maximum atomic E-state index is 13.2. The molecule has 2 aliphatic rings. The van der Waals surface area contributed by atoms with Gasteiger partial charge in [-0.3, -0.25) is 4.79 Å². The van der Waals surface area contributed by atoms with Crippen molar-refractivity contribution >= 4 is 5.91 Å². The fourth-order valence-electron chi connectivity index (χ4n) is 4.64. The van der Waals surface area contributed by atoms with Crippen LogP contribution in [-0.2, 0) is 17.6 Å². The molecule has 0 saturated carbocycles. The Morgan fingerprint density at radius 2 is 2.03 bits per heavy atom. The molecule has 30 heavy (non-hydrogen) atoms. The van der Waals surface area contributed by atoms with Gasteiger partial charge in [0.25, 0.3) is 0 Å². The molecule has 1 fully saturated rings. The lowest BCUT2D eigenvalue weighted by Crippen LogP contribution is -2.43. The molecule has 6 heteroatoms. The largest absolute Gasteiger partial charge is 0.497 e. The van der Waals surface area contributed by atoms with Crippen molar-refractivity contribution in [3.63, 3.8) is 0 Å². The molecule has 152 valence electrons. The number of fused-ring (bicyclic) bond motifs is 4. The maximum Gasteiger partial charge on any atom is 0.227 e. The monoisotopic (exact) mass is 403 g/mol. The second-order valence-electron chi connectivity index (χ2n) is 7.88. The van der Waals surface area contributed by atoms with Crippen LogP contribution < -0.4 is 4.74 Å². The van der Waals surface area contributed by atoms with Crippen LogP contribution in [0.1, 0.15) is 35.7 Å². The second-order valence-corrected chi connectivity index (χ2v) is 7.88. The van der Waals surface area contributed by atoms with Gasteiger partial charge in [0, 0.05) is 29.8 Å². The van der Waals surface area contributed by atoms with E-state index in [4.69, 9.17) is 9.72 Å². The molecule has 0 radical (unpaired) electrons. The van der Waals surface area contributed by atoms with Crippen LogP contribution in [0.15, 0.2) is 54.7 Å². The second kappa shape index (κ2) is 7.52. The van der Waals surface area contributed by atoms with Crippen molar-refractivity contribution in [1.82, 2.24) is 14.9 Å². The van der Waals surface area contributed by atoms with Crippen LogP contribution in [0.25, 0.3) is 11.4 Å². The van der Waals surface area contributed by atoms with Gasteiger partial charge in [0.15, 0.2) is 5.82 Å². The van der Waals surface area contributed by atoms with Crippen LogP contribution in [0.4, 0.5) is 4.39 Å². The molecule has 0 spiro atoms. The predicted molar refractivity (Wildman–Crippen MR) is 110 cm³/mol. The molecule has 2 aliphatic heterocycles. The van der Waals surface area contributed by atoms with Crippen LogP contribution >= 0.6 is 0 Å². The van der Waals surface area contributed by atoms with Gasteiger partial charge in [-0.1, -0.05) is 12.1 Å². The zero-order chi connectivity index (χ0) is 20.7. The zero-order valence-electron chi connectivity index (χ0n) is 16.7. The fraction of sp³-hybridized carbons (Fsp3) is 0.292. The number of benzene rings is 2. The van der Waals surface area contributed by atoms with Crippen LogP contribution in [-0.4, -0.2) is 33.9 Å². The van der Waals surface area contributed by atoms with Gasteiger partial charge < -0.3 is 9.64 Å². The molecule has 0 N–H and O–H groups in total. The summed E-state index contributed by atoms with van der Waals surface area (Å²) in [6.07, 6.45) is 4.83. The smallest absolute Gasteiger partial charge is 0.227 e. The van der Waals surface area contributed by atoms with Gasteiger partial charge in [-0.2, -0.15) is 0 Å².